The summed E-state index contributed by atoms with van der Waals surface area (Å²) in [5.74, 6) is 1.51. The van der Waals surface area contributed by atoms with Crippen LogP contribution in [0.2, 0.25) is 0 Å². The molecule has 0 aliphatic carbocycles. The molecule has 21 heavy (non-hydrogen) atoms. The number of anilines is 1. The summed E-state index contributed by atoms with van der Waals surface area (Å²) in [6.45, 7) is 6.75. The summed E-state index contributed by atoms with van der Waals surface area (Å²) in [5, 5.41) is 5.88. The first-order chi connectivity index (χ1) is 10.1. The first-order valence-electron chi connectivity index (χ1n) is 7.26. The van der Waals surface area contributed by atoms with E-state index in [4.69, 9.17) is 4.74 Å². The van der Waals surface area contributed by atoms with Gasteiger partial charge >= 0.3 is 0 Å². The molecule has 1 aromatic rings. The van der Waals surface area contributed by atoms with Crippen molar-refractivity contribution in [3.63, 3.8) is 0 Å². The monoisotopic (exact) mass is 293 g/mol. The van der Waals surface area contributed by atoms with Gasteiger partial charge in [0.15, 0.2) is 0 Å². The summed E-state index contributed by atoms with van der Waals surface area (Å²) in [5.41, 5.74) is 0.909. The summed E-state index contributed by atoms with van der Waals surface area (Å²) in [6.07, 6.45) is 0. The molecule has 0 bridgehead atoms. The highest BCUT2D eigenvalue weighted by Crippen LogP contribution is 2.13. The molecule has 1 aliphatic rings. The summed E-state index contributed by atoms with van der Waals surface area (Å²) in [6, 6.07) is 1.62. The second-order valence-electron chi connectivity index (χ2n) is 5.02. The van der Waals surface area contributed by atoms with Crippen molar-refractivity contribution in [2.75, 3.05) is 38.7 Å². The Bertz CT molecular complexity index is 494. The van der Waals surface area contributed by atoms with Crippen LogP contribution in [0, 0.1) is 6.92 Å². The predicted octanol–water partition coefficient (Wildman–Crippen LogP) is 0.164. The maximum atomic E-state index is 12.1. The molecular formula is C14H23N5O2. The lowest BCUT2D eigenvalue weighted by atomic mass is 10.2. The molecule has 1 aliphatic heterocycles. The Morgan fingerprint density at radius 2 is 2.33 bits per heavy atom. The van der Waals surface area contributed by atoms with E-state index < -0.39 is 0 Å². The summed E-state index contributed by atoms with van der Waals surface area (Å²) in [4.78, 5) is 23.1. The zero-order chi connectivity index (χ0) is 15.2. The second-order valence-corrected chi connectivity index (χ2v) is 5.02. The molecule has 116 valence electrons. The summed E-state index contributed by atoms with van der Waals surface area (Å²) < 4.78 is 5.43. The fourth-order valence-corrected chi connectivity index (χ4v) is 2.37. The maximum absolute atomic E-state index is 12.1. The molecule has 2 rings (SSSR count). The number of rotatable bonds is 5. The van der Waals surface area contributed by atoms with Crippen LogP contribution >= 0.6 is 0 Å². The molecule has 1 atom stereocenters. The zero-order valence-electron chi connectivity index (χ0n) is 12.8. The molecule has 1 unspecified atom stereocenters. The van der Waals surface area contributed by atoms with Crippen molar-refractivity contribution in [1.29, 1.82) is 0 Å². The Morgan fingerprint density at radius 1 is 1.52 bits per heavy atom. The van der Waals surface area contributed by atoms with Gasteiger partial charge in [0, 0.05) is 31.9 Å². The van der Waals surface area contributed by atoms with E-state index in [0.29, 0.717) is 32.8 Å². The average molecular weight is 293 g/mol. The highest BCUT2D eigenvalue weighted by atomic mass is 16.5. The Balaban J connectivity index is 2.11. The van der Waals surface area contributed by atoms with E-state index in [2.05, 4.69) is 25.5 Å². The third kappa shape index (κ3) is 4.12. The van der Waals surface area contributed by atoms with Gasteiger partial charge in [-0.1, -0.05) is 0 Å². The van der Waals surface area contributed by atoms with E-state index in [0.717, 1.165) is 17.3 Å². The molecule has 1 aromatic heterocycles. The van der Waals surface area contributed by atoms with Crippen molar-refractivity contribution in [2.24, 2.45) is 0 Å². The minimum atomic E-state index is -0.277. The van der Waals surface area contributed by atoms with E-state index in [1.54, 1.807) is 0 Å². The van der Waals surface area contributed by atoms with Crippen molar-refractivity contribution in [3.05, 3.63) is 17.6 Å². The van der Waals surface area contributed by atoms with Crippen LogP contribution in [0.4, 0.5) is 5.82 Å². The predicted molar refractivity (Wildman–Crippen MR) is 80.0 cm³/mol. The van der Waals surface area contributed by atoms with Crippen LogP contribution in [-0.2, 0) is 16.1 Å². The van der Waals surface area contributed by atoms with E-state index in [-0.39, 0.29) is 11.9 Å². The van der Waals surface area contributed by atoms with E-state index in [1.807, 2.05) is 27.0 Å². The number of nitrogens with zero attached hydrogens (tertiary/aromatic N) is 3. The standard InChI is InChI=1S/C14H23N5O2/c1-4-16-14(20)11-9-21-6-5-19(11)8-13-17-10(2)7-12(15-3)18-13/h7,11H,4-6,8-9H2,1-3H3,(H,16,20)(H,15,17,18). The normalized spacial score (nSPS) is 19.3. The fraction of sp³-hybridized carbons (Fsp3) is 0.643. The summed E-state index contributed by atoms with van der Waals surface area (Å²) in [7, 11) is 1.83. The quantitative estimate of drug-likeness (QED) is 0.805. The van der Waals surface area contributed by atoms with Gasteiger partial charge in [-0.2, -0.15) is 0 Å². The Hall–Kier alpha value is -1.73. The zero-order valence-corrected chi connectivity index (χ0v) is 12.8. The number of morpholine rings is 1. The molecule has 1 saturated heterocycles. The highest BCUT2D eigenvalue weighted by Gasteiger charge is 2.29. The van der Waals surface area contributed by atoms with Crippen LogP contribution in [0.25, 0.3) is 0 Å². The second kappa shape index (κ2) is 7.33. The van der Waals surface area contributed by atoms with Gasteiger partial charge < -0.3 is 15.4 Å². The van der Waals surface area contributed by atoms with Crippen molar-refractivity contribution < 1.29 is 9.53 Å². The summed E-state index contributed by atoms with van der Waals surface area (Å²) >= 11 is 0. The topological polar surface area (TPSA) is 79.4 Å². The van der Waals surface area contributed by atoms with Crippen LogP contribution in [0.3, 0.4) is 0 Å². The van der Waals surface area contributed by atoms with E-state index in [9.17, 15) is 4.79 Å². The first-order valence-corrected chi connectivity index (χ1v) is 7.26. The molecule has 7 heteroatoms. The molecule has 2 heterocycles. The van der Waals surface area contributed by atoms with E-state index >= 15 is 0 Å². The number of amides is 1. The van der Waals surface area contributed by atoms with Crippen molar-refractivity contribution >= 4 is 11.7 Å². The number of carbonyl (C=O) groups excluding carboxylic acids is 1. The van der Waals surface area contributed by atoms with E-state index in [1.165, 1.54) is 0 Å². The molecule has 7 nitrogen and oxygen atoms in total. The van der Waals surface area contributed by atoms with Crippen molar-refractivity contribution in [3.8, 4) is 0 Å². The number of nitrogens with one attached hydrogen (secondary N) is 2. The molecule has 2 N–H and O–H groups in total. The van der Waals surface area contributed by atoms with Gasteiger partial charge in [-0.05, 0) is 13.8 Å². The largest absolute Gasteiger partial charge is 0.378 e. The van der Waals surface area contributed by atoms with Crippen LogP contribution in [0.5, 0.6) is 0 Å². The lowest BCUT2D eigenvalue weighted by molar-refractivity contribution is -0.132. The lowest BCUT2D eigenvalue weighted by Crippen LogP contribution is -2.53. The van der Waals surface area contributed by atoms with Gasteiger partial charge in [0.25, 0.3) is 0 Å². The van der Waals surface area contributed by atoms with Gasteiger partial charge in [-0.25, -0.2) is 9.97 Å². The number of hydrogen-bond donors (Lipinski definition) is 2. The molecular weight excluding hydrogens is 270 g/mol. The third-order valence-electron chi connectivity index (χ3n) is 3.39. The number of ether oxygens (including phenoxy) is 1. The minimum Gasteiger partial charge on any atom is -0.378 e. The average Bonchev–Trinajstić information content (AvgIpc) is 2.47. The number of aromatic nitrogens is 2. The fourth-order valence-electron chi connectivity index (χ4n) is 2.37. The Labute approximate surface area is 125 Å². The van der Waals surface area contributed by atoms with Crippen molar-refractivity contribution in [2.45, 2.75) is 26.4 Å². The SMILES string of the molecule is CCNC(=O)C1COCCN1Cc1nc(C)cc(NC)n1. The van der Waals surface area contributed by atoms with Gasteiger partial charge in [0.2, 0.25) is 5.91 Å². The van der Waals surface area contributed by atoms with Crippen molar-refractivity contribution in [1.82, 2.24) is 20.2 Å². The first kappa shape index (κ1) is 15.7. The number of carbonyl (C=O) groups is 1. The Morgan fingerprint density at radius 3 is 3.05 bits per heavy atom. The molecule has 0 spiro atoms. The van der Waals surface area contributed by atoms with Gasteiger partial charge in [0.05, 0.1) is 19.8 Å². The smallest absolute Gasteiger partial charge is 0.239 e. The third-order valence-corrected chi connectivity index (χ3v) is 3.39. The van der Waals surface area contributed by atoms with Gasteiger partial charge in [-0.15, -0.1) is 0 Å². The van der Waals surface area contributed by atoms with Gasteiger partial charge in [-0.3, -0.25) is 9.69 Å². The number of aryl methyl sites for hydroxylation is 1. The van der Waals surface area contributed by atoms with Gasteiger partial charge in [0.1, 0.15) is 17.7 Å². The van der Waals surface area contributed by atoms with Crippen LogP contribution in [-0.4, -0.2) is 60.2 Å². The maximum Gasteiger partial charge on any atom is 0.239 e. The number of likely N-dealkylation sites (N-methyl/N-ethyl adjacent to an activating group) is 1. The number of hydrogen-bond acceptors (Lipinski definition) is 6. The van der Waals surface area contributed by atoms with Crippen LogP contribution in [0.1, 0.15) is 18.4 Å². The molecule has 1 amide bonds. The molecule has 1 fully saturated rings. The van der Waals surface area contributed by atoms with Crippen LogP contribution < -0.4 is 10.6 Å². The molecule has 0 radical (unpaired) electrons. The highest BCUT2D eigenvalue weighted by molar-refractivity contribution is 5.81. The minimum absolute atomic E-state index is 0.00121. The molecule has 0 saturated carbocycles. The molecule has 0 aromatic carbocycles. The lowest BCUT2D eigenvalue weighted by Gasteiger charge is -2.33. The Kier molecular flexibility index (Phi) is 5.46. The van der Waals surface area contributed by atoms with Crippen LogP contribution in [0.15, 0.2) is 6.07 Å².